The first kappa shape index (κ1) is 33.9. The molecule has 242 valence electrons. The Morgan fingerprint density at radius 3 is 2.36 bits per heavy atom. The molecule has 3 aliphatic rings. The number of carbonyl (C=O) groups excluding carboxylic acids is 3. The second-order valence-electron chi connectivity index (χ2n) is 13.4. The van der Waals surface area contributed by atoms with E-state index in [4.69, 9.17) is 4.74 Å². The molecule has 3 unspecified atom stereocenters. The number of ether oxygens (including phenoxy) is 1. The molecule has 1 aromatic rings. The summed E-state index contributed by atoms with van der Waals surface area (Å²) in [6.45, 7) is 19.3. The third kappa shape index (κ3) is 5.76. The molecule has 44 heavy (non-hydrogen) atoms. The number of hydrogen-bond acceptors (Lipinski definition) is 5. The predicted octanol–water partition coefficient (Wildman–Crippen LogP) is 4.82. The summed E-state index contributed by atoms with van der Waals surface area (Å²) >= 11 is 0. The van der Waals surface area contributed by atoms with Crippen LogP contribution in [-0.4, -0.2) is 87.1 Å². The molecule has 3 aliphatic heterocycles. The number of aliphatic hydroxyl groups is 1. The lowest BCUT2D eigenvalue weighted by Gasteiger charge is -2.41. The Morgan fingerprint density at radius 1 is 1.11 bits per heavy atom. The van der Waals surface area contributed by atoms with E-state index >= 15 is 0 Å². The minimum Gasteiger partial charge on any atom is -0.394 e. The summed E-state index contributed by atoms with van der Waals surface area (Å²) in [6.07, 6.45) is 7.49. The minimum atomic E-state index is -1.17. The van der Waals surface area contributed by atoms with Crippen LogP contribution in [0, 0.1) is 23.7 Å². The number of amides is 3. The molecule has 0 aliphatic carbocycles. The van der Waals surface area contributed by atoms with Crippen molar-refractivity contribution in [1.82, 2.24) is 14.7 Å². The van der Waals surface area contributed by atoms with E-state index in [2.05, 4.69) is 27.0 Å². The van der Waals surface area contributed by atoms with Crippen LogP contribution in [0.3, 0.4) is 0 Å². The van der Waals surface area contributed by atoms with E-state index in [1.807, 2.05) is 51.1 Å². The lowest BCUT2D eigenvalue weighted by atomic mass is 9.62. The van der Waals surface area contributed by atoms with Crippen molar-refractivity contribution < 1.29 is 24.2 Å². The van der Waals surface area contributed by atoms with Gasteiger partial charge < -0.3 is 24.5 Å². The van der Waals surface area contributed by atoms with E-state index in [1.165, 1.54) is 0 Å². The first-order valence-corrected chi connectivity index (χ1v) is 16.5. The summed E-state index contributed by atoms with van der Waals surface area (Å²) in [5.41, 5.74) is -1.11. The summed E-state index contributed by atoms with van der Waals surface area (Å²) in [5.74, 6) is -2.33. The molecule has 8 atom stereocenters. The summed E-state index contributed by atoms with van der Waals surface area (Å²) in [7, 11) is 0. The fourth-order valence-corrected chi connectivity index (χ4v) is 8.07. The van der Waals surface area contributed by atoms with E-state index in [1.54, 1.807) is 26.9 Å². The molecule has 4 rings (SSSR count). The lowest BCUT2D eigenvalue weighted by molar-refractivity contribution is -0.159. The van der Waals surface area contributed by atoms with Crippen LogP contribution in [0.2, 0.25) is 0 Å². The zero-order valence-corrected chi connectivity index (χ0v) is 27.4. The van der Waals surface area contributed by atoms with Gasteiger partial charge in [-0.25, -0.2) is 0 Å². The van der Waals surface area contributed by atoms with Crippen molar-refractivity contribution in [1.29, 1.82) is 0 Å². The number of nitrogens with zero attached hydrogens (tertiary/aromatic N) is 3. The fourth-order valence-electron chi connectivity index (χ4n) is 8.07. The van der Waals surface area contributed by atoms with Crippen LogP contribution in [0.1, 0.15) is 72.3 Å². The van der Waals surface area contributed by atoms with Crippen molar-refractivity contribution in [3.8, 4) is 0 Å². The highest BCUT2D eigenvalue weighted by Gasteiger charge is 2.80. The van der Waals surface area contributed by atoms with Gasteiger partial charge in [-0.3, -0.25) is 14.4 Å². The van der Waals surface area contributed by atoms with Gasteiger partial charge in [-0.15, -0.1) is 13.2 Å². The molecule has 3 heterocycles. The van der Waals surface area contributed by atoms with Gasteiger partial charge in [-0.2, -0.15) is 0 Å². The molecule has 8 nitrogen and oxygen atoms in total. The highest BCUT2D eigenvalue weighted by atomic mass is 16.5. The molecule has 8 heteroatoms. The number of carbonyl (C=O) groups is 3. The number of fused-ring (bicyclic) bond motifs is 1. The van der Waals surface area contributed by atoms with Crippen molar-refractivity contribution in [2.24, 2.45) is 23.7 Å². The quantitative estimate of drug-likeness (QED) is 0.215. The van der Waals surface area contributed by atoms with E-state index in [0.717, 1.165) is 31.2 Å². The highest BCUT2D eigenvalue weighted by molar-refractivity contribution is 5.99. The first-order valence-electron chi connectivity index (χ1n) is 16.5. The van der Waals surface area contributed by atoms with Gasteiger partial charge in [0.25, 0.3) is 0 Å². The maximum atomic E-state index is 14.8. The zero-order valence-electron chi connectivity index (χ0n) is 27.4. The number of benzene rings is 1. The average molecular weight is 608 g/mol. The SMILES string of the molecule is C=CCN(CCCCC)C(=O)C1N([C@@H](CO)[C@@H](C)CC)C(=O)[C@@H]2[C@H](C(=O)N(CC=C)Cc3ccccc3)[C@@]3(C)OC12CC3C. The van der Waals surface area contributed by atoms with Crippen molar-refractivity contribution in [2.75, 3.05) is 26.2 Å². The highest BCUT2D eigenvalue weighted by Crippen LogP contribution is 2.66. The Hall–Kier alpha value is -2.97. The van der Waals surface area contributed by atoms with Crippen LogP contribution in [0.15, 0.2) is 55.6 Å². The maximum absolute atomic E-state index is 14.8. The van der Waals surface area contributed by atoms with Crippen LogP contribution < -0.4 is 0 Å². The van der Waals surface area contributed by atoms with Crippen LogP contribution in [0.4, 0.5) is 0 Å². The molecule has 0 aromatic heterocycles. The summed E-state index contributed by atoms with van der Waals surface area (Å²) in [5, 5.41) is 10.7. The van der Waals surface area contributed by atoms with Gasteiger partial charge >= 0.3 is 0 Å². The predicted molar refractivity (Wildman–Crippen MR) is 172 cm³/mol. The summed E-state index contributed by atoms with van der Waals surface area (Å²) < 4.78 is 7.00. The summed E-state index contributed by atoms with van der Waals surface area (Å²) in [6, 6.07) is 8.28. The Morgan fingerprint density at radius 2 is 1.77 bits per heavy atom. The Labute approximate surface area is 264 Å². The third-order valence-electron chi connectivity index (χ3n) is 10.7. The number of rotatable bonds is 16. The van der Waals surface area contributed by atoms with Gasteiger partial charge in [0.15, 0.2) is 0 Å². The number of unbranched alkanes of at least 4 members (excludes halogenated alkanes) is 2. The van der Waals surface area contributed by atoms with E-state index in [0.29, 0.717) is 32.6 Å². The molecule has 1 spiro atoms. The fraction of sp³-hybridized carbons (Fsp3) is 0.639. The molecule has 1 aromatic carbocycles. The third-order valence-corrected chi connectivity index (χ3v) is 10.7. The van der Waals surface area contributed by atoms with Gasteiger partial charge in [0, 0.05) is 26.2 Å². The van der Waals surface area contributed by atoms with Crippen LogP contribution >= 0.6 is 0 Å². The van der Waals surface area contributed by atoms with Crippen molar-refractivity contribution in [3.05, 3.63) is 61.2 Å². The standard InChI is InChI=1S/C36H53N3O5/c1-8-12-16-21-37(19-9-2)34(43)31-36-22-26(6)35(7,44-36)29(30(36)33(42)39(31)28(24-40)25(5)11-4)32(41)38(20-10-3)23-27-17-14-13-15-18-27/h9-10,13-15,17-18,25-26,28-31,40H,2-3,8,11-12,16,19-24H2,1,4-7H3/t25-,26?,28-,29+,30-,31?,35-,36?/m0/s1. The van der Waals surface area contributed by atoms with Gasteiger partial charge in [-0.05, 0) is 37.2 Å². The lowest BCUT2D eigenvalue weighted by Crippen LogP contribution is -2.60. The molecular formula is C36H53N3O5. The summed E-state index contributed by atoms with van der Waals surface area (Å²) in [4.78, 5) is 49.4. The van der Waals surface area contributed by atoms with Crippen molar-refractivity contribution >= 4 is 17.7 Å². The zero-order chi connectivity index (χ0) is 32.2. The van der Waals surface area contributed by atoms with E-state index < -0.39 is 35.1 Å². The molecule has 3 fully saturated rings. The second-order valence-corrected chi connectivity index (χ2v) is 13.4. The molecule has 3 amide bonds. The van der Waals surface area contributed by atoms with Gasteiger partial charge in [0.2, 0.25) is 17.7 Å². The molecule has 3 saturated heterocycles. The number of aliphatic hydroxyl groups excluding tert-OH is 1. The maximum Gasteiger partial charge on any atom is 0.248 e. The van der Waals surface area contributed by atoms with Crippen molar-refractivity contribution in [3.63, 3.8) is 0 Å². The number of likely N-dealkylation sites (tertiary alicyclic amines) is 1. The van der Waals surface area contributed by atoms with E-state index in [-0.39, 0.29) is 36.2 Å². The second kappa shape index (κ2) is 14.0. The first-order chi connectivity index (χ1) is 21.1. The van der Waals surface area contributed by atoms with Crippen LogP contribution in [0.5, 0.6) is 0 Å². The normalized spacial score (nSPS) is 30.1. The van der Waals surface area contributed by atoms with Crippen LogP contribution in [0.25, 0.3) is 0 Å². The Bertz CT molecular complexity index is 1210. The molecule has 2 bridgehead atoms. The van der Waals surface area contributed by atoms with Crippen LogP contribution in [-0.2, 0) is 25.7 Å². The van der Waals surface area contributed by atoms with E-state index in [9.17, 15) is 19.5 Å². The number of hydrogen-bond donors (Lipinski definition) is 1. The monoisotopic (exact) mass is 607 g/mol. The average Bonchev–Trinajstić information content (AvgIpc) is 3.53. The molecule has 1 N–H and O–H groups in total. The Kier molecular flexibility index (Phi) is 10.8. The largest absolute Gasteiger partial charge is 0.394 e. The van der Waals surface area contributed by atoms with Gasteiger partial charge in [0.05, 0.1) is 30.1 Å². The van der Waals surface area contributed by atoms with Gasteiger partial charge in [0.1, 0.15) is 11.6 Å². The topological polar surface area (TPSA) is 90.4 Å². The van der Waals surface area contributed by atoms with Gasteiger partial charge in [-0.1, -0.05) is 89.4 Å². The smallest absolute Gasteiger partial charge is 0.248 e. The molecule has 0 saturated carbocycles. The Balaban J connectivity index is 1.82. The molecular weight excluding hydrogens is 554 g/mol. The van der Waals surface area contributed by atoms with Crippen molar-refractivity contribution in [2.45, 2.75) is 96.6 Å². The minimum absolute atomic E-state index is 0.0582. The molecule has 0 radical (unpaired) electrons.